The average molecular weight is 331 g/mol. The molecule has 0 unspecified atom stereocenters. The van der Waals surface area contributed by atoms with Crippen LogP contribution in [0.2, 0.25) is 0 Å². The summed E-state index contributed by atoms with van der Waals surface area (Å²) in [4.78, 5) is 16.3. The minimum atomic E-state index is -0.0581. The first kappa shape index (κ1) is 14.5. The molecule has 2 N–H and O–H groups in total. The molecule has 1 saturated carbocycles. The van der Waals surface area contributed by atoms with Crippen molar-refractivity contribution in [1.82, 2.24) is 10.3 Å². The molecule has 0 atom stereocenters. The summed E-state index contributed by atoms with van der Waals surface area (Å²) < 4.78 is 10.7. The van der Waals surface area contributed by atoms with Gasteiger partial charge >= 0.3 is 0 Å². The standard InChI is InChI=1S/C16H17N3O3S/c20-15(7-17-6-10-1-2-10)19-16-18-12(8-23-16)11-3-4-13-14(5-11)22-9-21-13/h3-5,8,10,17H,1-2,6-7,9H2,(H,18,19,20). The Bertz CT molecular complexity index is 727. The highest BCUT2D eigenvalue weighted by atomic mass is 32.1. The van der Waals surface area contributed by atoms with E-state index in [0.717, 1.165) is 35.2 Å². The third-order valence-corrected chi connectivity index (χ3v) is 4.59. The number of aromatic nitrogens is 1. The highest BCUT2D eigenvalue weighted by Crippen LogP contribution is 2.36. The van der Waals surface area contributed by atoms with Crippen LogP contribution < -0.4 is 20.1 Å². The van der Waals surface area contributed by atoms with Gasteiger partial charge in [0, 0.05) is 10.9 Å². The van der Waals surface area contributed by atoms with E-state index in [1.165, 1.54) is 24.2 Å². The van der Waals surface area contributed by atoms with E-state index in [0.29, 0.717) is 11.7 Å². The topological polar surface area (TPSA) is 72.5 Å². The van der Waals surface area contributed by atoms with Crippen LogP contribution in [0.1, 0.15) is 12.8 Å². The molecule has 23 heavy (non-hydrogen) atoms. The van der Waals surface area contributed by atoms with Crippen molar-refractivity contribution in [2.45, 2.75) is 12.8 Å². The van der Waals surface area contributed by atoms with Crippen LogP contribution in [-0.2, 0) is 4.79 Å². The molecule has 0 radical (unpaired) electrons. The number of anilines is 1. The number of thiazole rings is 1. The molecule has 1 amide bonds. The Morgan fingerprint density at radius 2 is 2.17 bits per heavy atom. The highest BCUT2D eigenvalue weighted by molar-refractivity contribution is 7.14. The third-order valence-electron chi connectivity index (χ3n) is 3.83. The number of carbonyl (C=O) groups excluding carboxylic acids is 1. The molecule has 120 valence electrons. The van der Waals surface area contributed by atoms with Gasteiger partial charge in [-0.25, -0.2) is 4.98 Å². The highest BCUT2D eigenvalue weighted by Gasteiger charge is 2.20. The van der Waals surface area contributed by atoms with Crippen LogP contribution >= 0.6 is 11.3 Å². The number of hydrogen-bond acceptors (Lipinski definition) is 6. The van der Waals surface area contributed by atoms with Crippen molar-refractivity contribution in [2.75, 3.05) is 25.2 Å². The van der Waals surface area contributed by atoms with E-state index in [1.807, 2.05) is 23.6 Å². The lowest BCUT2D eigenvalue weighted by Crippen LogP contribution is -2.29. The smallest absolute Gasteiger partial charge is 0.240 e. The van der Waals surface area contributed by atoms with Crippen LogP contribution in [0.25, 0.3) is 11.3 Å². The van der Waals surface area contributed by atoms with Crippen molar-refractivity contribution < 1.29 is 14.3 Å². The van der Waals surface area contributed by atoms with Crippen molar-refractivity contribution in [3.8, 4) is 22.8 Å². The van der Waals surface area contributed by atoms with Crippen LogP contribution in [0.4, 0.5) is 5.13 Å². The molecule has 0 bridgehead atoms. The fourth-order valence-corrected chi connectivity index (χ4v) is 3.13. The Balaban J connectivity index is 1.37. The van der Waals surface area contributed by atoms with Gasteiger partial charge in [-0.3, -0.25) is 4.79 Å². The fraction of sp³-hybridized carbons (Fsp3) is 0.375. The third kappa shape index (κ3) is 3.46. The molecule has 0 saturated heterocycles. The molecular formula is C16H17N3O3S. The quantitative estimate of drug-likeness (QED) is 0.851. The molecule has 4 rings (SSSR count). The summed E-state index contributed by atoms with van der Waals surface area (Å²) in [6.45, 7) is 1.51. The summed E-state index contributed by atoms with van der Waals surface area (Å²) in [5, 5.41) is 8.53. The maximum absolute atomic E-state index is 11.9. The second kappa shape index (κ2) is 6.17. The van der Waals surface area contributed by atoms with Crippen LogP contribution in [0.5, 0.6) is 11.5 Å². The average Bonchev–Trinajstić information content (AvgIpc) is 3.07. The van der Waals surface area contributed by atoms with E-state index in [9.17, 15) is 4.79 Å². The van der Waals surface area contributed by atoms with Gasteiger partial charge in [-0.1, -0.05) is 0 Å². The Kier molecular flexibility index (Phi) is 3.88. The maximum Gasteiger partial charge on any atom is 0.240 e. The zero-order valence-corrected chi connectivity index (χ0v) is 13.3. The van der Waals surface area contributed by atoms with Crippen molar-refractivity contribution in [1.29, 1.82) is 0 Å². The second-order valence-electron chi connectivity index (χ2n) is 5.73. The fourth-order valence-electron chi connectivity index (χ4n) is 2.39. The van der Waals surface area contributed by atoms with E-state index in [-0.39, 0.29) is 12.7 Å². The van der Waals surface area contributed by atoms with Crippen molar-refractivity contribution in [3.63, 3.8) is 0 Å². The second-order valence-corrected chi connectivity index (χ2v) is 6.59. The first-order valence-corrected chi connectivity index (χ1v) is 8.52. The van der Waals surface area contributed by atoms with Crippen LogP contribution in [0.15, 0.2) is 23.6 Å². The number of nitrogens with zero attached hydrogens (tertiary/aromatic N) is 1. The Morgan fingerprint density at radius 1 is 1.30 bits per heavy atom. The Morgan fingerprint density at radius 3 is 3.04 bits per heavy atom. The normalized spacial score (nSPS) is 15.7. The summed E-state index contributed by atoms with van der Waals surface area (Å²) in [6.07, 6.45) is 2.56. The molecule has 1 aromatic heterocycles. The molecule has 6 nitrogen and oxygen atoms in total. The van der Waals surface area contributed by atoms with Crippen LogP contribution in [-0.4, -0.2) is 30.8 Å². The van der Waals surface area contributed by atoms with E-state index in [1.54, 1.807) is 0 Å². The van der Waals surface area contributed by atoms with Gasteiger partial charge in [-0.15, -0.1) is 11.3 Å². The van der Waals surface area contributed by atoms with E-state index in [2.05, 4.69) is 15.6 Å². The number of rotatable bonds is 6. The number of benzene rings is 1. The number of hydrogen-bond donors (Lipinski definition) is 2. The summed E-state index contributed by atoms with van der Waals surface area (Å²) in [5.74, 6) is 2.18. The van der Waals surface area contributed by atoms with Gasteiger partial charge in [-0.05, 0) is 43.5 Å². The van der Waals surface area contributed by atoms with Crippen molar-refractivity contribution in [3.05, 3.63) is 23.6 Å². The minimum absolute atomic E-state index is 0.0581. The molecule has 2 aromatic rings. The number of nitrogens with one attached hydrogen (secondary N) is 2. The summed E-state index contributed by atoms with van der Waals surface area (Å²) in [7, 11) is 0. The van der Waals surface area contributed by atoms with Crippen molar-refractivity contribution >= 4 is 22.4 Å². The minimum Gasteiger partial charge on any atom is -0.454 e. The van der Waals surface area contributed by atoms with Gasteiger partial charge in [0.05, 0.1) is 12.2 Å². The number of carbonyl (C=O) groups is 1. The van der Waals surface area contributed by atoms with Crippen LogP contribution in [0, 0.1) is 5.92 Å². The molecular weight excluding hydrogens is 314 g/mol. The molecule has 1 aliphatic carbocycles. The van der Waals surface area contributed by atoms with Gasteiger partial charge in [0.15, 0.2) is 16.6 Å². The zero-order valence-electron chi connectivity index (χ0n) is 12.5. The van der Waals surface area contributed by atoms with Gasteiger partial charge in [0.1, 0.15) is 0 Å². The molecule has 1 aromatic carbocycles. The lowest BCUT2D eigenvalue weighted by atomic mass is 10.1. The largest absolute Gasteiger partial charge is 0.454 e. The summed E-state index contributed by atoms with van der Waals surface area (Å²) in [5.41, 5.74) is 1.76. The molecule has 1 aliphatic heterocycles. The van der Waals surface area contributed by atoms with Gasteiger partial charge in [0.25, 0.3) is 0 Å². The Labute approximate surface area is 137 Å². The first-order valence-electron chi connectivity index (χ1n) is 7.64. The monoisotopic (exact) mass is 331 g/mol. The summed E-state index contributed by atoms with van der Waals surface area (Å²) in [6, 6.07) is 5.71. The summed E-state index contributed by atoms with van der Waals surface area (Å²) >= 11 is 1.42. The van der Waals surface area contributed by atoms with E-state index >= 15 is 0 Å². The molecule has 7 heteroatoms. The van der Waals surface area contributed by atoms with E-state index in [4.69, 9.17) is 9.47 Å². The number of amides is 1. The lowest BCUT2D eigenvalue weighted by molar-refractivity contribution is -0.115. The molecule has 0 spiro atoms. The predicted octanol–water partition coefficient (Wildman–Crippen LogP) is 2.48. The molecule has 1 fully saturated rings. The lowest BCUT2D eigenvalue weighted by Gasteiger charge is -2.03. The zero-order chi connectivity index (χ0) is 15.6. The number of ether oxygens (including phenoxy) is 2. The van der Waals surface area contributed by atoms with Gasteiger partial charge in [-0.2, -0.15) is 0 Å². The number of fused-ring (bicyclic) bond motifs is 1. The van der Waals surface area contributed by atoms with Crippen molar-refractivity contribution in [2.24, 2.45) is 5.92 Å². The maximum atomic E-state index is 11.9. The van der Waals surface area contributed by atoms with Gasteiger partial charge < -0.3 is 20.1 Å². The molecule has 2 aliphatic rings. The molecule has 2 heterocycles. The first-order chi connectivity index (χ1) is 11.3. The van der Waals surface area contributed by atoms with E-state index < -0.39 is 0 Å². The van der Waals surface area contributed by atoms with Crippen LogP contribution in [0.3, 0.4) is 0 Å². The SMILES string of the molecule is O=C(CNCC1CC1)Nc1nc(-c2ccc3c(c2)OCO3)cs1. The van der Waals surface area contributed by atoms with Gasteiger partial charge in [0.2, 0.25) is 12.7 Å². The Hall–Kier alpha value is -2.12. The predicted molar refractivity (Wildman–Crippen MR) is 87.9 cm³/mol.